The second-order valence-corrected chi connectivity index (χ2v) is 5.11. The van der Waals surface area contributed by atoms with E-state index >= 15 is 0 Å². The average Bonchev–Trinajstić information content (AvgIpc) is 2.77. The normalized spacial score (nSPS) is 11.0. The van der Waals surface area contributed by atoms with Crippen LogP contribution < -0.4 is 5.32 Å². The Bertz CT molecular complexity index is 550. The lowest BCUT2D eigenvalue weighted by Crippen LogP contribution is -2.10. The largest absolute Gasteiger partial charge is 0.382 e. The highest BCUT2D eigenvalue weighted by atomic mass is 35.5. The molecule has 2 aromatic heterocycles. The van der Waals surface area contributed by atoms with E-state index in [0.29, 0.717) is 11.2 Å². The lowest BCUT2D eigenvalue weighted by Gasteiger charge is -2.13. The SMILES string of the molecule is CCCn1cc(-c2cnc(Cl)cc2NC(C)C)nn1. The molecule has 0 fully saturated rings. The van der Waals surface area contributed by atoms with E-state index in [1.54, 1.807) is 6.20 Å². The van der Waals surface area contributed by atoms with Crippen molar-refractivity contribution < 1.29 is 0 Å². The van der Waals surface area contributed by atoms with Gasteiger partial charge >= 0.3 is 0 Å². The number of hydrogen-bond acceptors (Lipinski definition) is 4. The Kier molecular flexibility index (Phi) is 4.37. The van der Waals surface area contributed by atoms with E-state index < -0.39 is 0 Å². The minimum Gasteiger partial charge on any atom is -0.382 e. The molecule has 1 N–H and O–H groups in total. The van der Waals surface area contributed by atoms with Crippen molar-refractivity contribution in [3.05, 3.63) is 23.6 Å². The van der Waals surface area contributed by atoms with Crippen LogP contribution in [0.5, 0.6) is 0 Å². The molecule has 2 heterocycles. The molecule has 0 amide bonds. The minimum atomic E-state index is 0.308. The fourth-order valence-electron chi connectivity index (χ4n) is 1.82. The topological polar surface area (TPSA) is 55.6 Å². The summed E-state index contributed by atoms with van der Waals surface area (Å²) in [5.74, 6) is 0. The Balaban J connectivity index is 2.36. The highest BCUT2D eigenvalue weighted by molar-refractivity contribution is 6.29. The van der Waals surface area contributed by atoms with Gasteiger partial charge in [-0.1, -0.05) is 23.7 Å². The van der Waals surface area contributed by atoms with Crippen LogP contribution >= 0.6 is 11.6 Å². The monoisotopic (exact) mass is 279 g/mol. The van der Waals surface area contributed by atoms with Crippen molar-refractivity contribution in [2.45, 2.75) is 39.8 Å². The maximum Gasteiger partial charge on any atom is 0.131 e. The summed E-state index contributed by atoms with van der Waals surface area (Å²) in [6.45, 7) is 7.12. The van der Waals surface area contributed by atoms with Gasteiger partial charge in [0.15, 0.2) is 0 Å². The number of rotatable bonds is 5. The van der Waals surface area contributed by atoms with Gasteiger partial charge in [-0.25, -0.2) is 4.98 Å². The molecule has 0 aliphatic heterocycles. The van der Waals surface area contributed by atoms with E-state index in [1.807, 2.05) is 16.9 Å². The van der Waals surface area contributed by atoms with Crippen LogP contribution in [-0.2, 0) is 6.54 Å². The molecular weight excluding hydrogens is 262 g/mol. The molecule has 0 atom stereocenters. The van der Waals surface area contributed by atoms with Crippen molar-refractivity contribution in [3.63, 3.8) is 0 Å². The molecule has 0 unspecified atom stereocenters. The molecule has 2 aromatic rings. The number of anilines is 1. The summed E-state index contributed by atoms with van der Waals surface area (Å²) >= 11 is 5.95. The Morgan fingerprint density at radius 3 is 2.89 bits per heavy atom. The quantitative estimate of drug-likeness (QED) is 0.854. The molecule has 0 aliphatic rings. The first-order chi connectivity index (χ1) is 9.10. The van der Waals surface area contributed by atoms with Gasteiger partial charge in [-0.3, -0.25) is 4.68 Å². The molecular formula is C13H18ClN5. The molecule has 6 heteroatoms. The second kappa shape index (κ2) is 6.02. The van der Waals surface area contributed by atoms with Gasteiger partial charge in [0.25, 0.3) is 0 Å². The molecule has 0 aliphatic carbocycles. The lowest BCUT2D eigenvalue weighted by molar-refractivity contribution is 0.579. The zero-order chi connectivity index (χ0) is 13.8. The highest BCUT2D eigenvalue weighted by Gasteiger charge is 2.11. The summed E-state index contributed by atoms with van der Waals surface area (Å²) in [4.78, 5) is 4.13. The number of aryl methyl sites for hydroxylation is 1. The first kappa shape index (κ1) is 13.8. The Hall–Kier alpha value is -1.62. The molecule has 0 aromatic carbocycles. The van der Waals surface area contributed by atoms with Crippen molar-refractivity contribution in [3.8, 4) is 11.3 Å². The minimum absolute atomic E-state index is 0.308. The fraction of sp³-hybridized carbons (Fsp3) is 0.462. The number of pyridine rings is 1. The maximum atomic E-state index is 5.95. The molecule has 0 bridgehead atoms. The predicted octanol–water partition coefficient (Wildman–Crippen LogP) is 3.22. The number of hydrogen-bond donors (Lipinski definition) is 1. The summed E-state index contributed by atoms with van der Waals surface area (Å²) in [7, 11) is 0. The maximum absolute atomic E-state index is 5.95. The summed E-state index contributed by atoms with van der Waals surface area (Å²) in [6.07, 6.45) is 4.69. The number of halogens is 1. The van der Waals surface area contributed by atoms with Crippen molar-refractivity contribution in [1.82, 2.24) is 20.0 Å². The van der Waals surface area contributed by atoms with Crippen molar-refractivity contribution >= 4 is 17.3 Å². The standard InChI is InChI=1S/C13H18ClN5/c1-4-5-19-8-12(17-18-19)10-7-15-13(14)6-11(10)16-9(2)3/h6-9H,4-5H2,1-3H3,(H,15,16). The average molecular weight is 280 g/mol. The van der Waals surface area contributed by atoms with Gasteiger partial charge in [0.2, 0.25) is 0 Å². The Morgan fingerprint density at radius 1 is 1.42 bits per heavy atom. The zero-order valence-corrected chi connectivity index (χ0v) is 12.1. The van der Waals surface area contributed by atoms with Gasteiger partial charge in [0.05, 0.1) is 6.20 Å². The second-order valence-electron chi connectivity index (χ2n) is 4.72. The summed E-state index contributed by atoms with van der Waals surface area (Å²) in [5.41, 5.74) is 2.65. The van der Waals surface area contributed by atoms with Gasteiger partial charge in [-0.15, -0.1) is 5.10 Å². The van der Waals surface area contributed by atoms with E-state index in [2.05, 4.69) is 41.4 Å². The van der Waals surface area contributed by atoms with Crippen LogP contribution in [0.3, 0.4) is 0 Å². The number of nitrogens with zero attached hydrogens (tertiary/aromatic N) is 4. The molecule has 2 rings (SSSR count). The van der Waals surface area contributed by atoms with Crippen LogP contribution in [0.1, 0.15) is 27.2 Å². The van der Waals surface area contributed by atoms with Gasteiger partial charge < -0.3 is 5.32 Å². The van der Waals surface area contributed by atoms with Crippen LogP contribution in [0.25, 0.3) is 11.3 Å². The van der Waals surface area contributed by atoms with E-state index in [-0.39, 0.29) is 0 Å². The van der Waals surface area contributed by atoms with Crippen LogP contribution in [0, 0.1) is 0 Å². The van der Waals surface area contributed by atoms with Gasteiger partial charge in [-0.05, 0) is 26.3 Å². The first-order valence-electron chi connectivity index (χ1n) is 6.42. The molecule has 0 saturated heterocycles. The van der Waals surface area contributed by atoms with Crippen LogP contribution in [0.15, 0.2) is 18.5 Å². The third-order valence-corrected chi connectivity index (χ3v) is 2.79. The van der Waals surface area contributed by atoms with E-state index in [1.165, 1.54) is 0 Å². The Labute approximate surface area is 118 Å². The summed E-state index contributed by atoms with van der Waals surface area (Å²) in [6, 6.07) is 2.12. The zero-order valence-electron chi connectivity index (χ0n) is 11.4. The highest BCUT2D eigenvalue weighted by Crippen LogP contribution is 2.28. The van der Waals surface area contributed by atoms with Gasteiger partial charge in [0, 0.05) is 30.0 Å². The lowest BCUT2D eigenvalue weighted by atomic mass is 10.1. The predicted molar refractivity (Wildman–Crippen MR) is 77.3 cm³/mol. The third kappa shape index (κ3) is 3.44. The molecule has 0 saturated carbocycles. The van der Waals surface area contributed by atoms with E-state index in [0.717, 1.165) is 29.9 Å². The summed E-state index contributed by atoms with van der Waals surface area (Å²) in [5, 5.41) is 12.1. The molecule has 102 valence electrons. The first-order valence-corrected chi connectivity index (χ1v) is 6.80. The van der Waals surface area contributed by atoms with E-state index in [9.17, 15) is 0 Å². The van der Waals surface area contributed by atoms with Crippen molar-refractivity contribution in [2.24, 2.45) is 0 Å². The Morgan fingerprint density at radius 2 is 2.21 bits per heavy atom. The van der Waals surface area contributed by atoms with Crippen molar-refractivity contribution in [1.29, 1.82) is 0 Å². The van der Waals surface area contributed by atoms with Crippen LogP contribution in [0.2, 0.25) is 5.15 Å². The number of aromatic nitrogens is 4. The molecule has 5 nitrogen and oxygen atoms in total. The van der Waals surface area contributed by atoms with Gasteiger partial charge in [0.1, 0.15) is 10.8 Å². The van der Waals surface area contributed by atoms with Crippen LogP contribution in [-0.4, -0.2) is 26.0 Å². The summed E-state index contributed by atoms with van der Waals surface area (Å²) < 4.78 is 1.84. The molecule has 0 spiro atoms. The third-order valence-electron chi connectivity index (χ3n) is 2.58. The van der Waals surface area contributed by atoms with Gasteiger partial charge in [-0.2, -0.15) is 0 Å². The molecule has 19 heavy (non-hydrogen) atoms. The fourth-order valence-corrected chi connectivity index (χ4v) is 1.98. The van der Waals surface area contributed by atoms with E-state index in [4.69, 9.17) is 11.6 Å². The molecule has 0 radical (unpaired) electrons. The van der Waals surface area contributed by atoms with Crippen molar-refractivity contribution in [2.75, 3.05) is 5.32 Å². The number of nitrogens with one attached hydrogen (secondary N) is 1. The van der Waals surface area contributed by atoms with Crippen LogP contribution in [0.4, 0.5) is 5.69 Å². The smallest absolute Gasteiger partial charge is 0.131 e.